The molecule has 0 unspecified atom stereocenters. The molecule has 4 rings (SSSR count). The normalized spacial score (nSPS) is 11.0. The number of rotatable bonds is 9. The monoisotopic (exact) mass is 549 g/mol. The van der Waals surface area contributed by atoms with Crippen LogP contribution in [0.15, 0.2) is 108 Å². The van der Waals surface area contributed by atoms with E-state index in [1.165, 1.54) is 11.8 Å². The maximum absolute atomic E-state index is 13.3. The molecule has 4 aromatic rings. The summed E-state index contributed by atoms with van der Waals surface area (Å²) in [7, 11) is 0. The maximum Gasteiger partial charge on any atom is 0.272 e. The van der Waals surface area contributed by atoms with E-state index in [0.29, 0.717) is 11.3 Å². The van der Waals surface area contributed by atoms with Crippen LogP contribution in [-0.4, -0.2) is 23.5 Å². The topological polar surface area (TPSA) is 87.3 Å². The first kappa shape index (κ1) is 28.4. The molecule has 0 atom stereocenters. The van der Waals surface area contributed by atoms with Crippen molar-refractivity contribution in [1.29, 1.82) is 0 Å². The molecule has 4 aromatic carbocycles. The van der Waals surface area contributed by atoms with Gasteiger partial charge in [-0.05, 0) is 73.9 Å². The molecule has 3 N–H and O–H groups in total. The fraction of sp³-hybridized carbons (Fsp3) is 0.121. The third-order valence-electron chi connectivity index (χ3n) is 6.12. The molecule has 0 saturated heterocycles. The van der Waals surface area contributed by atoms with Gasteiger partial charge in [-0.15, -0.1) is 11.8 Å². The van der Waals surface area contributed by atoms with Gasteiger partial charge in [0, 0.05) is 21.8 Å². The highest BCUT2D eigenvalue weighted by atomic mass is 32.2. The van der Waals surface area contributed by atoms with Crippen LogP contribution in [0.5, 0.6) is 0 Å². The van der Waals surface area contributed by atoms with Crippen LogP contribution in [0.3, 0.4) is 0 Å². The highest BCUT2D eigenvalue weighted by Crippen LogP contribution is 2.24. The summed E-state index contributed by atoms with van der Waals surface area (Å²) >= 11 is 1.37. The van der Waals surface area contributed by atoms with Gasteiger partial charge in [0.05, 0.1) is 5.75 Å². The van der Waals surface area contributed by atoms with Crippen LogP contribution in [0.1, 0.15) is 32.6 Å². The predicted octanol–water partition coefficient (Wildman–Crippen LogP) is 6.75. The molecular formula is C33H31N3O3S. The van der Waals surface area contributed by atoms with E-state index in [1.807, 2.05) is 81.4 Å². The lowest BCUT2D eigenvalue weighted by Gasteiger charge is -2.13. The van der Waals surface area contributed by atoms with Gasteiger partial charge in [0.25, 0.3) is 11.8 Å². The molecule has 0 aliphatic rings. The van der Waals surface area contributed by atoms with Gasteiger partial charge in [-0.25, -0.2) is 0 Å². The molecule has 0 aromatic heterocycles. The number of carbonyl (C=O) groups is 3. The van der Waals surface area contributed by atoms with Gasteiger partial charge in [-0.2, -0.15) is 0 Å². The van der Waals surface area contributed by atoms with Crippen LogP contribution in [-0.2, 0) is 9.59 Å². The van der Waals surface area contributed by atoms with Gasteiger partial charge >= 0.3 is 0 Å². The molecule has 0 fully saturated rings. The second-order valence-corrected chi connectivity index (χ2v) is 10.4. The van der Waals surface area contributed by atoms with Crippen LogP contribution in [0.25, 0.3) is 6.08 Å². The Morgan fingerprint density at radius 3 is 2.12 bits per heavy atom. The molecule has 6 nitrogen and oxygen atoms in total. The van der Waals surface area contributed by atoms with Crippen molar-refractivity contribution in [3.8, 4) is 0 Å². The zero-order chi connectivity index (χ0) is 28.5. The number of carbonyl (C=O) groups excluding carboxylic acids is 3. The molecule has 0 radical (unpaired) electrons. The van der Waals surface area contributed by atoms with E-state index in [1.54, 1.807) is 42.5 Å². The summed E-state index contributed by atoms with van der Waals surface area (Å²) in [4.78, 5) is 39.6. The van der Waals surface area contributed by atoms with Crippen LogP contribution in [0.4, 0.5) is 11.4 Å². The van der Waals surface area contributed by atoms with Gasteiger partial charge in [0.15, 0.2) is 0 Å². The van der Waals surface area contributed by atoms with E-state index in [0.717, 1.165) is 32.8 Å². The molecule has 3 amide bonds. The number of para-hydroxylation sites is 1. The average molecular weight is 550 g/mol. The largest absolute Gasteiger partial charge is 0.325 e. The fourth-order valence-corrected chi connectivity index (χ4v) is 4.72. The molecule has 0 aliphatic carbocycles. The Balaban J connectivity index is 1.45. The zero-order valence-electron chi connectivity index (χ0n) is 22.7. The molecule has 0 aliphatic heterocycles. The minimum Gasteiger partial charge on any atom is -0.325 e. The van der Waals surface area contributed by atoms with E-state index in [-0.39, 0.29) is 23.3 Å². The number of hydrogen-bond acceptors (Lipinski definition) is 4. The van der Waals surface area contributed by atoms with Crippen molar-refractivity contribution < 1.29 is 14.4 Å². The second-order valence-electron chi connectivity index (χ2n) is 9.37. The number of nitrogens with one attached hydrogen (secondary N) is 3. The fourth-order valence-electron chi connectivity index (χ4n) is 3.97. The lowest BCUT2D eigenvalue weighted by Crippen LogP contribution is -2.30. The Labute approximate surface area is 238 Å². The van der Waals surface area contributed by atoms with Gasteiger partial charge in [-0.3, -0.25) is 14.4 Å². The smallest absolute Gasteiger partial charge is 0.272 e. The van der Waals surface area contributed by atoms with Crippen LogP contribution in [0.2, 0.25) is 0 Å². The minimum atomic E-state index is -0.459. The van der Waals surface area contributed by atoms with Gasteiger partial charge in [0.1, 0.15) is 5.70 Å². The van der Waals surface area contributed by atoms with Crippen molar-refractivity contribution in [1.82, 2.24) is 5.32 Å². The van der Waals surface area contributed by atoms with Crippen molar-refractivity contribution in [2.24, 2.45) is 0 Å². The first-order chi connectivity index (χ1) is 19.3. The first-order valence-corrected chi connectivity index (χ1v) is 13.8. The summed E-state index contributed by atoms with van der Waals surface area (Å²) in [6.07, 6.45) is 1.64. The summed E-state index contributed by atoms with van der Waals surface area (Å²) < 4.78 is 0. The van der Waals surface area contributed by atoms with E-state index in [9.17, 15) is 14.4 Å². The predicted molar refractivity (Wildman–Crippen MR) is 163 cm³/mol. The molecule has 0 spiro atoms. The second kappa shape index (κ2) is 13.4. The van der Waals surface area contributed by atoms with E-state index in [4.69, 9.17) is 0 Å². The quantitative estimate of drug-likeness (QED) is 0.159. The number of hydrogen-bond donors (Lipinski definition) is 3. The Kier molecular flexibility index (Phi) is 9.54. The van der Waals surface area contributed by atoms with Crippen molar-refractivity contribution in [3.63, 3.8) is 0 Å². The number of aryl methyl sites for hydroxylation is 3. The van der Waals surface area contributed by atoms with E-state index in [2.05, 4.69) is 16.0 Å². The van der Waals surface area contributed by atoms with Gasteiger partial charge < -0.3 is 16.0 Å². The van der Waals surface area contributed by atoms with Crippen molar-refractivity contribution in [2.75, 3.05) is 16.4 Å². The Morgan fingerprint density at radius 2 is 1.43 bits per heavy atom. The number of thioether (sulfide) groups is 1. The number of anilines is 2. The van der Waals surface area contributed by atoms with E-state index < -0.39 is 5.91 Å². The average Bonchev–Trinajstić information content (AvgIpc) is 2.95. The first-order valence-electron chi connectivity index (χ1n) is 12.8. The summed E-state index contributed by atoms with van der Waals surface area (Å²) in [5, 5.41) is 8.62. The minimum absolute atomic E-state index is 0.108. The molecule has 202 valence electrons. The third-order valence-corrected chi connectivity index (χ3v) is 7.12. The van der Waals surface area contributed by atoms with E-state index >= 15 is 0 Å². The zero-order valence-corrected chi connectivity index (χ0v) is 23.5. The van der Waals surface area contributed by atoms with Crippen LogP contribution >= 0.6 is 11.8 Å². The Bertz CT molecular complexity index is 1530. The standard InChI is InChI=1S/C33H31N3O3S/c1-22-15-17-25(18-16-22)19-29(35-32(38)26-11-5-4-6-12-26)33(39)34-27-13-8-14-28(20-27)40-21-30(37)36-31-23(2)9-7-10-24(31)3/h4-20H,21H2,1-3H3,(H,34,39)(H,35,38)(H,36,37)/b29-19+. The Morgan fingerprint density at radius 1 is 0.750 bits per heavy atom. The summed E-state index contributed by atoms with van der Waals surface area (Å²) in [6.45, 7) is 5.91. The lowest BCUT2D eigenvalue weighted by atomic mass is 10.1. The van der Waals surface area contributed by atoms with Gasteiger partial charge in [0.2, 0.25) is 5.91 Å². The molecular weight excluding hydrogens is 518 g/mol. The van der Waals surface area contributed by atoms with Crippen LogP contribution < -0.4 is 16.0 Å². The highest BCUT2D eigenvalue weighted by molar-refractivity contribution is 8.00. The SMILES string of the molecule is Cc1ccc(/C=C(/NC(=O)c2ccccc2)C(=O)Nc2cccc(SCC(=O)Nc3c(C)cccc3C)c2)cc1. The summed E-state index contributed by atoms with van der Waals surface area (Å²) in [6, 6.07) is 29.5. The van der Waals surface area contributed by atoms with Crippen molar-refractivity contribution >= 4 is 46.9 Å². The molecule has 0 heterocycles. The van der Waals surface area contributed by atoms with Crippen LogP contribution in [0, 0.1) is 20.8 Å². The Hall–Kier alpha value is -4.62. The van der Waals surface area contributed by atoms with Crippen molar-refractivity contribution in [2.45, 2.75) is 25.7 Å². The molecule has 0 saturated carbocycles. The third kappa shape index (κ3) is 7.94. The summed E-state index contributed by atoms with van der Waals surface area (Å²) in [5.41, 5.74) is 5.84. The number of amides is 3. The van der Waals surface area contributed by atoms with Crippen molar-refractivity contribution in [3.05, 3.63) is 131 Å². The lowest BCUT2D eigenvalue weighted by molar-refractivity contribution is -0.114. The molecule has 0 bridgehead atoms. The maximum atomic E-state index is 13.3. The number of benzene rings is 4. The molecule has 40 heavy (non-hydrogen) atoms. The summed E-state index contributed by atoms with van der Waals surface area (Å²) in [5.74, 6) is -0.728. The molecule has 7 heteroatoms. The highest BCUT2D eigenvalue weighted by Gasteiger charge is 2.16. The van der Waals surface area contributed by atoms with Gasteiger partial charge in [-0.1, -0.05) is 72.3 Å².